The number of carbonyl (C=O) groups is 2. The number of para-hydroxylation sites is 1. The SMILES string of the molecule is O=C(N[C@@H](Cc1c[nH]c2ccccc12)C(=O)O)c1ccccc1Cl. The summed E-state index contributed by atoms with van der Waals surface area (Å²) in [5.74, 6) is -1.60. The van der Waals surface area contributed by atoms with Gasteiger partial charge in [0, 0.05) is 23.5 Å². The lowest BCUT2D eigenvalue weighted by Crippen LogP contribution is -2.42. The molecule has 0 spiro atoms. The van der Waals surface area contributed by atoms with E-state index in [0.717, 1.165) is 16.5 Å². The molecule has 3 rings (SSSR count). The van der Waals surface area contributed by atoms with Gasteiger partial charge < -0.3 is 15.4 Å². The fourth-order valence-corrected chi connectivity index (χ4v) is 2.82. The van der Waals surface area contributed by atoms with Gasteiger partial charge in [-0.1, -0.05) is 41.9 Å². The second-order valence-electron chi connectivity index (χ2n) is 5.41. The average Bonchev–Trinajstić information content (AvgIpc) is 2.97. The number of H-pyrrole nitrogens is 1. The number of carboxylic acids is 1. The number of aromatic amines is 1. The van der Waals surface area contributed by atoms with Crippen LogP contribution in [-0.2, 0) is 11.2 Å². The number of benzene rings is 2. The first-order chi connectivity index (χ1) is 11.6. The quantitative estimate of drug-likeness (QED) is 0.665. The fraction of sp³-hybridized carbons (Fsp3) is 0.111. The third-order valence-electron chi connectivity index (χ3n) is 3.82. The standard InChI is InChI=1S/C18H15ClN2O3/c19-14-7-3-1-6-13(14)17(22)21-16(18(23)24)9-11-10-20-15-8-4-2-5-12(11)15/h1-8,10,16,20H,9H2,(H,21,22)(H,23,24)/t16-/m0/s1. The van der Waals surface area contributed by atoms with Crippen molar-refractivity contribution in [3.8, 4) is 0 Å². The van der Waals surface area contributed by atoms with Crippen LogP contribution in [0.5, 0.6) is 0 Å². The van der Waals surface area contributed by atoms with Crippen LogP contribution in [0.3, 0.4) is 0 Å². The number of nitrogens with one attached hydrogen (secondary N) is 2. The minimum Gasteiger partial charge on any atom is -0.480 e. The second-order valence-corrected chi connectivity index (χ2v) is 5.81. The summed E-state index contributed by atoms with van der Waals surface area (Å²) in [6.07, 6.45) is 1.94. The molecule has 0 radical (unpaired) electrons. The van der Waals surface area contributed by atoms with Crippen molar-refractivity contribution in [1.29, 1.82) is 0 Å². The van der Waals surface area contributed by atoms with Gasteiger partial charge in [0.25, 0.3) is 5.91 Å². The number of aromatic nitrogens is 1. The molecule has 3 aromatic rings. The molecule has 1 heterocycles. The molecular formula is C18H15ClN2O3. The molecule has 2 aromatic carbocycles. The number of carboxylic acid groups (broad SMARTS) is 1. The predicted octanol–water partition coefficient (Wildman–Crippen LogP) is 3.25. The second kappa shape index (κ2) is 6.76. The molecule has 0 unspecified atom stereocenters. The van der Waals surface area contributed by atoms with Crippen molar-refractivity contribution in [3.63, 3.8) is 0 Å². The summed E-state index contributed by atoms with van der Waals surface area (Å²) in [6, 6.07) is 13.1. The Morgan fingerprint density at radius 3 is 2.58 bits per heavy atom. The van der Waals surface area contributed by atoms with Gasteiger partial charge in [0.1, 0.15) is 6.04 Å². The van der Waals surface area contributed by atoms with Gasteiger partial charge in [-0.3, -0.25) is 4.79 Å². The van der Waals surface area contributed by atoms with Crippen LogP contribution in [0.2, 0.25) is 5.02 Å². The van der Waals surface area contributed by atoms with Crippen molar-refractivity contribution in [1.82, 2.24) is 10.3 Å². The number of amides is 1. The zero-order chi connectivity index (χ0) is 17.1. The molecule has 0 saturated carbocycles. The number of hydrogen-bond acceptors (Lipinski definition) is 2. The molecule has 122 valence electrons. The van der Waals surface area contributed by atoms with Crippen molar-refractivity contribution in [2.45, 2.75) is 12.5 Å². The monoisotopic (exact) mass is 342 g/mol. The van der Waals surface area contributed by atoms with Crippen molar-refractivity contribution < 1.29 is 14.7 Å². The molecule has 0 bridgehead atoms. The Kier molecular flexibility index (Phi) is 4.53. The summed E-state index contributed by atoms with van der Waals surface area (Å²) >= 11 is 5.99. The van der Waals surface area contributed by atoms with Crippen LogP contribution in [0, 0.1) is 0 Å². The van der Waals surface area contributed by atoms with Crippen LogP contribution in [0.25, 0.3) is 10.9 Å². The van der Waals surface area contributed by atoms with Crippen molar-refractivity contribution in [2.75, 3.05) is 0 Å². The Hall–Kier alpha value is -2.79. The van der Waals surface area contributed by atoms with Gasteiger partial charge in [-0.05, 0) is 23.8 Å². The predicted molar refractivity (Wildman–Crippen MR) is 92.3 cm³/mol. The van der Waals surface area contributed by atoms with E-state index in [1.165, 1.54) is 0 Å². The van der Waals surface area contributed by atoms with E-state index in [1.54, 1.807) is 30.5 Å². The average molecular weight is 343 g/mol. The lowest BCUT2D eigenvalue weighted by atomic mass is 10.0. The number of fused-ring (bicyclic) bond motifs is 1. The highest BCUT2D eigenvalue weighted by Crippen LogP contribution is 2.20. The van der Waals surface area contributed by atoms with Gasteiger partial charge >= 0.3 is 5.97 Å². The van der Waals surface area contributed by atoms with Crippen LogP contribution < -0.4 is 5.32 Å². The zero-order valence-corrected chi connectivity index (χ0v) is 13.4. The van der Waals surface area contributed by atoms with Crippen LogP contribution in [-0.4, -0.2) is 28.0 Å². The molecule has 6 heteroatoms. The number of hydrogen-bond donors (Lipinski definition) is 3. The Balaban J connectivity index is 1.82. The molecule has 0 aliphatic rings. The maximum atomic E-state index is 12.3. The minimum absolute atomic E-state index is 0.176. The summed E-state index contributed by atoms with van der Waals surface area (Å²) in [7, 11) is 0. The first kappa shape index (κ1) is 16.1. The van der Waals surface area contributed by atoms with E-state index < -0.39 is 17.9 Å². The van der Waals surface area contributed by atoms with Crippen LogP contribution >= 0.6 is 11.6 Å². The molecule has 0 aliphatic heterocycles. The maximum Gasteiger partial charge on any atom is 0.326 e. The van der Waals surface area contributed by atoms with Crippen LogP contribution in [0.1, 0.15) is 15.9 Å². The molecule has 0 fully saturated rings. The Labute approximate surface area is 143 Å². The molecule has 5 nitrogen and oxygen atoms in total. The van der Waals surface area contributed by atoms with Crippen LogP contribution in [0.4, 0.5) is 0 Å². The van der Waals surface area contributed by atoms with Gasteiger partial charge in [-0.25, -0.2) is 4.79 Å². The third-order valence-corrected chi connectivity index (χ3v) is 4.15. The fourth-order valence-electron chi connectivity index (χ4n) is 2.60. The van der Waals surface area contributed by atoms with Crippen molar-refractivity contribution in [2.24, 2.45) is 0 Å². The minimum atomic E-state index is -1.10. The Morgan fingerprint density at radius 2 is 1.83 bits per heavy atom. The van der Waals surface area contributed by atoms with E-state index in [9.17, 15) is 14.7 Å². The van der Waals surface area contributed by atoms with Crippen molar-refractivity contribution in [3.05, 3.63) is 70.9 Å². The van der Waals surface area contributed by atoms with Crippen LogP contribution in [0.15, 0.2) is 54.7 Å². The Bertz CT molecular complexity index is 904. The molecule has 0 aliphatic carbocycles. The van der Waals surface area contributed by atoms with E-state index in [0.29, 0.717) is 0 Å². The normalized spacial score (nSPS) is 12.0. The van der Waals surface area contributed by atoms with Gasteiger partial charge in [-0.15, -0.1) is 0 Å². The summed E-state index contributed by atoms with van der Waals surface area (Å²) in [4.78, 5) is 27.0. The van der Waals surface area contributed by atoms with Gasteiger partial charge in [0.15, 0.2) is 0 Å². The summed E-state index contributed by atoms with van der Waals surface area (Å²) in [5, 5.41) is 13.2. The molecule has 1 aromatic heterocycles. The largest absolute Gasteiger partial charge is 0.480 e. The third kappa shape index (κ3) is 3.26. The summed E-state index contributed by atoms with van der Waals surface area (Å²) in [6.45, 7) is 0. The van der Waals surface area contributed by atoms with E-state index in [2.05, 4.69) is 10.3 Å². The van der Waals surface area contributed by atoms with Gasteiger partial charge in [-0.2, -0.15) is 0 Å². The Morgan fingerprint density at radius 1 is 1.12 bits per heavy atom. The zero-order valence-electron chi connectivity index (χ0n) is 12.6. The highest BCUT2D eigenvalue weighted by molar-refractivity contribution is 6.33. The van der Waals surface area contributed by atoms with E-state index in [-0.39, 0.29) is 17.0 Å². The van der Waals surface area contributed by atoms with E-state index in [4.69, 9.17) is 11.6 Å². The molecule has 3 N–H and O–H groups in total. The topological polar surface area (TPSA) is 82.2 Å². The molecule has 0 saturated heterocycles. The number of aliphatic carboxylic acids is 1. The highest BCUT2D eigenvalue weighted by atomic mass is 35.5. The molecule has 1 amide bonds. The summed E-state index contributed by atoms with van der Waals surface area (Å²) in [5.41, 5.74) is 2.01. The van der Waals surface area contributed by atoms with Gasteiger partial charge in [0.2, 0.25) is 0 Å². The molecule has 1 atom stereocenters. The highest BCUT2D eigenvalue weighted by Gasteiger charge is 2.23. The molecular weight excluding hydrogens is 328 g/mol. The lowest BCUT2D eigenvalue weighted by molar-refractivity contribution is -0.139. The number of rotatable bonds is 5. The van der Waals surface area contributed by atoms with Gasteiger partial charge in [0.05, 0.1) is 10.6 Å². The first-order valence-electron chi connectivity index (χ1n) is 7.39. The number of halogens is 1. The smallest absolute Gasteiger partial charge is 0.326 e. The van der Waals surface area contributed by atoms with E-state index in [1.807, 2.05) is 24.3 Å². The first-order valence-corrected chi connectivity index (χ1v) is 7.77. The summed E-state index contributed by atoms with van der Waals surface area (Å²) < 4.78 is 0. The van der Waals surface area contributed by atoms with Crippen molar-refractivity contribution >= 4 is 34.4 Å². The molecule has 24 heavy (non-hydrogen) atoms. The maximum absolute atomic E-state index is 12.3. The lowest BCUT2D eigenvalue weighted by Gasteiger charge is -2.15. The number of carbonyl (C=O) groups excluding carboxylic acids is 1. The van der Waals surface area contributed by atoms with E-state index >= 15 is 0 Å².